The first-order valence-corrected chi connectivity index (χ1v) is 11.0. The first kappa shape index (κ1) is 20.7. The summed E-state index contributed by atoms with van der Waals surface area (Å²) >= 11 is 5.97. The number of halogens is 1. The maximum Gasteiger partial charge on any atom is 0.272 e. The Hall–Kier alpha value is -2.60. The van der Waals surface area contributed by atoms with Crippen molar-refractivity contribution in [3.05, 3.63) is 70.2 Å². The molecular weight excluding hydrogens is 400 g/mol. The van der Waals surface area contributed by atoms with Crippen LogP contribution in [0.4, 0.5) is 0 Å². The van der Waals surface area contributed by atoms with Crippen molar-refractivity contribution in [1.29, 1.82) is 0 Å². The Morgan fingerprint density at radius 2 is 2.07 bits per heavy atom. The molecule has 1 fully saturated rings. The Morgan fingerprint density at radius 3 is 2.83 bits per heavy atom. The van der Waals surface area contributed by atoms with Gasteiger partial charge in [-0.1, -0.05) is 37.1 Å². The van der Waals surface area contributed by atoms with Gasteiger partial charge in [0.15, 0.2) is 0 Å². The monoisotopic (exact) mass is 426 g/mol. The van der Waals surface area contributed by atoms with E-state index in [1.165, 1.54) is 0 Å². The maximum absolute atomic E-state index is 13.3. The number of oxazole rings is 1. The number of nitrogens with zero attached hydrogens (tertiary/aromatic N) is 4. The summed E-state index contributed by atoms with van der Waals surface area (Å²) in [7, 11) is 1.83. The summed E-state index contributed by atoms with van der Waals surface area (Å²) in [4.78, 5) is 19.8. The summed E-state index contributed by atoms with van der Waals surface area (Å²) in [6.45, 7) is 2.81. The zero-order valence-electron chi connectivity index (χ0n) is 17.5. The van der Waals surface area contributed by atoms with Crippen molar-refractivity contribution in [3.8, 4) is 0 Å². The number of likely N-dealkylation sites (tertiary alicyclic amines) is 1. The quantitative estimate of drug-likeness (QED) is 0.558. The molecule has 3 aromatic rings. The Balaban J connectivity index is 1.53. The highest BCUT2D eigenvalue weighted by molar-refractivity contribution is 6.30. The van der Waals surface area contributed by atoms with Gasteiger partial charge in [-0.3, -0.25) is 9.48 Å². The summed E-state index contributed by atoms with van der Waals surface area (Å²) in [6.07, 6.45) is 7.18. The van der Waals surface area contributed by atoms with Crippen LogP contribution in [0.1, 0.15) is 72.0 Å². The van der Waals surface area contributed by atoms with Crippen molar-refractivity contribution in [2.24, 2.45) is 7.05 Å². The number of carbonyl (C=O) groups excluding carboxylic acids is 1. The third-order valence-corrected chi connectivity index (χ3v) is 5.82. The molecule has 0 spiro atoms. The van der Waals surface area contributed by atoms with Crippen LogP contribution >= 0.6 is 11.6 Å². The van der Waals surface area contributed by atoms with Crippen molar-refractivity contribution in [1.82, 2.24) is 19.7 Å². The van der Waals surface area contributed by atoms with Gasteiger partial charge >= 0.3 is 0 Å². The lowest BCUT2D eigenvalue weighted by atomic mass is 10.0. The lowest BCUT2D eigenvalue weighted by molar-refractivity contribution is 0.0558. The lowest BCUT2D eigenvalue weighted by Gasteiger charge is -2.33. The van der Waals surface area contributed by atoms with Crippen LogP contribution in [0, 0.1) is 0 Å². The Bertz CT molecular complexity index is 1010. The minimum atomic E-state index is -0.144. The predicted molar refractivity (Wildman–Crippen MR) is 116 cm³/mol. The summed E-state index contributed by atoms with van der Waals surface area (Å²) in [5.41, 5.74) is 2.69. The minimum Gasteiger partial charge on any atom is -0.443 e. The highest BCUT2D eigenvalue weighted by Gasteiger charge is 2.33. The Kier molecular flexibility index (Phi) is 6.23. The molecule has 6 nitrogen and oxygen atoms in total. The Labute approximate surface area is 181 Å². The molecule has 0 saturated carbocycles. The number of carbonyl (C=O) groups is 1. The van der Waals surface area contributed by atoms with Gasteiger partial charge in [0.05, 0.1) is 11.9 Å². The molecule has 1 unspecified atom stereocenters. The molecule has 1 aliphatic rings. The molecule has 1 atom stereocenters. The van der Waals surface area contributed by atoms with E-state index < -0.39 is 0 Å². The molecule has 0 radical (unpaired) electrons. The van der Waals surface area contributed by atoms with E-state index in [4.69, 9.17) is 16.0 Å². The van der Waals surface area contributed by atoms with E-state index in [0.29, 0.717) is 29.6 Å². The number of rotatable bonds is 6. The first-order valence-electron chi connectivity index (χ1n) is 10.6. The third-order valence-electron chi connectivity index (χ3n) is 5.57. The van der Waals surface area contributed by atoms with Crippen LogP contribution in [0.25, 0.3) is 0 Å². The molecule has 1 amide bonds. The fourth-order valence-corrected chi connectivity index (χ4v) is 4.17. The van der Waals surface area contributed by atoms with Crippen LogP contribution in [0.15, 0.2) is 40.9 Å². The number of hydrogen-bond donors (Lipinski definition) is 0. The lowest BCUT2D eigenvalue weighted by Crippen LogP contribution is -2.39. The highest BCUT2D eigenvalue weighted by Crippen LogP contribution is 2.32. The SMILES string of the molecule is CCCc1cc(C(=O)N2CCCCC2c2ncc(Cc3ccc(Cl)cc3)o2)n(C)n1. The zero-order valence-corrected chi connectivity index (χ0v) is 18.2. The Morgan fingerprint density at radius 1 is 1.27 bits per heavy atom. The third kappa shape index (κ3) is 4.43. The number of hydrogen-bond acceptors (Lipinski definition) is 4. The van der Waals surface area contributed by atoms with Gasteiger partial charge in [-0.05, 0) is 49.4 Å². The standard InChI is InChI=1S/C23H27ClN4O2/c1-3-6-18-14-21(27(2)26-18)23(29)28-12-5-4-7-20(28)22-25-15-19(30-22)13-16-8-10-17(24)11-9-16/h8-11,14-15,20H,3-7,12-13H2,1-2H3. The second-order valence-corrected chi connectivity index (χ2v) is 8.31. The predicted octanol–water partition coefficient (Wildman–Crippen LogP) is 4.97. The summed E-state index contributed by atoms with van der Waals surface area (Å²) < 4.78 is 7.78. The fraction of sp³-hybridized carbons (Fsp3) is 0.435. The van der Waals surface area contributed by atoms with Crippen LogP contribution < -0.4 is 0 Å². The number of amides is 1. The van der Waals surface area contributed by atoms with E-state index in [-0.39, 0.29) is 11.9 Å². The first-order chi connectivity index (χ1) is 14.5. The van der Waals surface area contributed by atoms with Crippen molar-refractivity contribution in [2.45, 2.75) is 51.5 Å². The topological polar surface area (TPSA) is 64.2 Å². The van der Waals surface area contributed by atoms with E-state index >= 15 is 0 Å². The molecule has 158 valence electrons. The fourth-order valence-electron chi connectivity index (χ4n) is 4.05. The van der Waals surface area contributed by atoms with Gasteiger partial charge in [0.1, 0.15) is 17.5 Å². The molecular formula is C23H27ClN4O2. The largest absolute Gasteiger partial charge is 0.443 e. The van der Waals surface area contributed by atoms with Crippen LogP contribution in [0.2, 0.25) is 5.02 Å². The highest BCUT2D eigenvalue weighted by atomic mass is 35.5. The molecule has 2 aromatic heterocycles. The number of aryl methyl sites for hydroxylation is 2. The molecule has 7 heteroatoms. The van der Waals surface area contributed by atoms with Crippen LogP contribution in [0.5, 0.6) is 0 Å². The average Bonchev–Trinajstić information content (AvgIpc) is 3.36. The maximum atomic E-state index is 13.3. The van der Waals surface area contributed by atoms with Gasteiger partial charge in [-0.2, -0.15) is 5.10 Å². The number of benzene rings is 1. The van der Waals surface area contributed by atoms with E-state index in [1.54, 1.807) is 10.9 Å². The number of aromatic nitrogens is 3. The molecule has 30 heavy (non-hydrogen) atoms. The normalized spacial score (nSPS) is 16.8. The van der Waals surface area contributed by atoms with Gasteiger partial charge in [-0.25, -0.2) is 4.98 Å². The van der Waals surface area contributed by atoms with Crippen molar-refractivity contribution in [3.63, 3.8) is 0 Å². The van der Waals surface area contributed by atoms with Gasteiger partial charge in [0.2, 0.25) is 5.89 Å². The van der Waals surface area contributed by atoms with Crippen molar-refractivity contribution < 1.29 is 9.21 Å². The van der Waals surface area contributed by atoms with Gasteiger partial charge < -0.3 is 9.32 Å². The zero-order chi connectivity index (χ0) is 21.1. The van der Waals surface area contributed by atoms with E-state index in [1.807, 2.05) is 42.3 Å². The molecule has 1 aliphatic heterocycles. The minimum absolute atomic E-state index is 0.00509. The van der Waals surface area contributed by atoms with Gasteiger partial charge in [0, 0.05) is 25.0 Å². The second kappa shape index (κ2) is 9.04. The van der Waals surface area contributed by atoms with Gasteiger partial charge in [0.25, 0.3) is 5.91 Å². The average molecular weight is 427 g/mol. The summed E-state index contributed by atoms with van der Waals surface area (Å²) in [5.74, 6) is 1.40. The molecule has 1 aromatic carbocycles. The smallest absolute Gasteiger partial charge is 0.272 e. The van der Waals surface area contributed by atoms with Crippen molar-refractivity contribution >= 4 is 17.5 Å². The molecule has 4 rings (SSSR count). The van der Waals surface area contributed by atoms with E-state index in [9.17, 15) is 4.79 Å². The van der Waals surface area contributed by atoms with Gasteiger partial charge in [-0.15, -0.1) is 0 Å². The summed E-state index contributed by atoms with van der Waals surface area (Å²) in [6, 6.07) is 9.48. The summed E-state index contributed by atoms with van der Waals surface area (Å²) in [5, 5.41) is 5.21. The number of piperidine rings is 1. The molecule has 0 aliphatic carbocycles. The van der Waals surface area contributed by atoms with Crippen LogP contribution in [-0.2, 0) is 19.9 Å². The molecule has 3 heterocycles. The van der Waals surface area contributed by atoms with E-state index in [0.717, 1.165) is 49.1 Å². The van der Waals surface area contributed by atoms with E-state index in [2.05, 4.69) is 17.0 Å². The molecule has 1 saturated heterocycles. The van der Waals surface area contributed by atoms with Crippen molar-refractivity contribution in [2.75, 3.05) is 6.54 Å². The second-order valence-electron chi connectivity index (χ2n) is 7.87. The molecule has 0 N–H and O–H groups in total. The molecule has 0 bridgehead atoms. The van der Waals surface area contributed by atoms with Crippen LogP contribution in [-0.4, -0.2) is 32.1 Å². The van der Waals surface area contributed by atoms with Crippen LogP contribution in [0.3, 0.4) is 0 Å².